The lowest BCUT2D eigenvalue weighted by molar-refractivity contribution is 0.105. The van der Waals surface area contributed by atoms with Crippen LogP contribution in [0.5, 0.6) is 0 Å². The average Bonchev–Trinajstić information content (AvgIpc) is 2.73. The number of aliphatic hydroxyl groups excluding tert-OH is 1. The highest BCUT2D eigenvalue weighted by Gasteiger charge is 2.04. The van der Waals surface area contributed by atoms with Gasteiger partial charge in [-0.15, -0.1) is 0 Å². The van der Waals surface area contributed by atoms with E-state index in [-0.39, 0.29) is 31.5 Å². The van der Waals surface area contributed by atoms with Gasteiger partial charge in [-0.05, 0) is 0 Å². The van der Waals surface area contributed by atoms with Crippen LogP contribution in [0.2, 0.25) is 0 Å². The Hall–Kier alpha value is -1.93. The Kier molecular flexibility index (Phi) is 3.13. The van der Waals surface area contributed by atoms with E-state index in [0.29, 0.717) is 11.2 Å². The molecule has 0 aliphatic carbocycles. The highest BCUT2D eigenvalue weighted by molar-refractivity contribution is 5.69. The first-order chi connectivity index (χ1) is 7.81. The molecule has 8 nitrogen and oxygen atoms in total. The van der Waals surface area contributed by atoms with E-state index >= 15 is 0 Å². The molecule has 0 spiro atoms. The lowest BCUT2D eigenvalue weighted by Crippen LogP contribution is -2.16. The topological polar surface area (TPSA) is 116 Å². The molecule has 0 aliphatic rings. The first-order valence-electron chi connectivity index (χ1n) is 4.67. The van der Waals surface area contributed by atoms with Gasteiger partial charge >= 0.3 is 0 Å². The van der Waals surface area contributed by atoms with Crippen LogP contribution < -0.4 is 10.9 Å². The van der Waals surface area contributed by atoms with Crippen molar-refractivity contribution in [2.75, 3.05) is 25.3 Å². The number of imidazole rings is 1. The van der Waals surface area contributed by atoms with Gasteiger partial charge in [0.25, 0.3) is 5.56 Å². The van der Waals surface area contributed by atoms with Gasteiger partial charge in [-0.1, -0.05) is 0 Å². The maximum Gasteiger partial charge on any atom is 0.278 e. The number of ether oxygens (including phenoxy) is 1. The SMILES string of the molecule is O=c1[nH]c(NCOCCO)nc2nc[nH]c12. The molecule has 8 heteroatoms. The van der Waals surface area contributed by atoms with Crippen LogP contribution in [0.25, 0.3) is 11.2 Å². The van der Waals surface area contributed by atoms with Crippen molar-refractivity contribution in [1.29, 1.82) is 0 Å². The number of nitrogens with one attached hydrogen (secondary N) is 3. The molecule has 0 amide bonds. The molecule has 2 heterocycles. The summed E-state index contributed by atoms with van der Waals surface area (Å²) in [5.74, 6) is 0.280. The highest BCUT2D eigenvalue weighted by Crippen LogP contribution is 2.02. The fourth-order valence-corrected chi connectivity index (χ4v) is 1.18. The van der Waals surface area contributed by atoms with E-state index in [1.54, 1.807) is 0 Å². The second-order valence-electron chi connectivity index (χ2n) is 2.97. The van der Waals surface area contributed by atoms with Gasteiger partial charge in [-0.3, -0.25) is 9.78 Å². The van der Waals surface area contributed by atoms with E-state index in [4.69, 9.17) is 9.84 Å². The fraction of sp³-hybridized carbons (Fsp3) is 0.375. The van der Waals surface area contributed by atoms with Crippen molar-refractivity contribution in [1.82, 2.24) is 19.9 Å². The van der Waals surface area contributed by atoms with E-state index in [2.05, 4.69) is 25.3 Å². The van der Waals surface area contributed by atoms with Crippen molar-refractivity contribution in [2.45, 2.75) is 0 Å². The average molecular weight is 225 g/mol. The largest absolute Gasteiger partial charge is 0.394 e. The maximum atomic E-state index is 11.5. The zero-order valence-corrected chi connectivity index (χ0v) is 8.36. The number of fused-ring (bicyclic) bond motifs is 1. The van der Waals surface area contributed by atoms with Crippen LogP contribution in [0.4, 0.5) is 5.95 Å². The second kappa shape index (κ2) is 4.73. The Morgan fingerprint density at radius 1 is 1.56 bits per heavy atom. The van der Waals surface area contributed by atoms with Gasteiger partial charge < -0.3 is 20.1 Å². The number of H-pyrrole nitrogens is 2. The maximum absolute atomic E-state index is 11.5. The van der Waals surface area contributed by atoms with Gasteiger partial charge in [0.15, 0.2) is 11.2 Å². The minimum absolute atomic E-state index is 0.0516. The van der Waals surface area contributed by atoms with Gasteiger partial charge in [0, 0.05) is 0 Å². The summed E-state index contributed by atoms with van der Waals surface area (Å²) in [4.78, 5) is 24.6. The van der Waals surface area contributed by atoms with Crippen LogP contribution in [0.15, 0.2) is 11.1 Å². The molecule has 0 unspecified atom stereocenters. The smallest absolute Gasteiger partial charge is 0.278 e. The van der Waals surface area contributed by atoms with Crippen molar-refractivity contribution in [3.63, 3.8) is 0 Å². The van der Waals surface area contributed by atoms with Crippen molar-refractivity contribution in [2.24, 2.45) is 0 Å². The van der Waals surface area contributed by atoms with Gasteiger partial charge in [0.1, 0.15) is 6.73 Å². The molecule has 2 aromatic heterocycles. The molecule has 0 aromatic carbocycles. The van der Waals surface area contributed by atoms with Crippen LogP contribution in [-0.4, -0.2) is 45.0 Å². The van der Waals surface area contributed by atoms with Crippen molar-refractivity contribution in [3.05, 3.63) is 16.7 Å². The standard InChI is InChI=1S/C8H11N5O3/c14-1-2-16-4-11-8-12-6-5(7(15)13-8)9-3-10-6/h3,14H,1-2,4H2,(H3,9,10,11,12,13,15). The number of hydrogen-bond acceptors (Lipinski definition) is 6. The van der Waals surface area contributed by atoms with Crippen molar-refractivity contribution < 1.29 is 9.84 Å². The molecular formula is C8H11N5O3. The molecule has 86 valence electrons. The first-order valence-corrected chi connectivity index (χ1v) is 4.67. The van der Waals surface area contributed by atoms with Crippen LogP contribution in [0.3, 0.4) is 0 Å². The van der Waals surface area contributed by atoms with Crippen LogP contribution in [0.1, 0.15) is 0 Å². The molecule has 0 saturated heterocycles. The molecule has 16 heavy (non-hydrogen) atoms. The molecule has 0 radical (unpaired) electrons. The molecule has 2 rings (SSSR count). The fourth-order valence-electron chi connectivity index (χ4n) is 1.18. The van der Waals surface area contributed by atoms with Crippen LogP contribution in [0, 0.1) is 0 Å². The Balaban J connectivity index is 2.10. The van der Waals surface area contributed by atoms with E-state index in [1.165, 1.54) is 6.33 Å². The summed E-state index contributed by atoms with van der Waals surface area (Å²) in [6, 6.07) is 0. The number of nitrogens with zero attached hydrogens (tertiary/aromatic N) is 2. The summed E-state index contributed by atoms with van der Waals surface area (Å²) >= 11 is 0. The number of anilines is 1. The Morgan fingerprint density at radius 2 is 2.44 bits per heavy atom. The van der Waals surface area contributed by atoms with E-state index in [9.17, 15) is 4.79 Å². The van der Waals surface area contributed by atoms with Crippen LogP contribution >= 0.6 is 0 Å². The monoisotopic (exact) mass is 225 g/mol. The number of aromatic amines is 2. The highest BCUT2D eigenvalue weighted by atomic mass is 16.5. The summed E-state index contributed by atoms with van der Waals surface area (Å²) < 4.78 is 4.97. The third-order valence-electron chi connectivity index (χ3n) is 1.87. The number of aliphatic hydroxyl groups is 1. The van der Waals surface area contributed by atoms with E-state index in [1.807, 2.05) is 0 Å². The van der Waals surface area contributed by atoms with E-state index in [0.717, 1.165) is 0 Å². The van der Waals surface area contributed by atoms with Gasteiger partial charge in [-0.2, -0.15) is 4.98 Å². The van der Waals surface area contributed by atoms with Crippen molar-refractivity contribution >= 4 is 17.1 Å². The molecule has 0 bridgehead atoms. The van der Waals surface area contributed by atoms with Gasteiger partial charge in [0.2, 0.25) is 5.95 Å². The molecule has 0 fully saturated rings. The molecule has 2 aromatic rings. The first kappa shape index (κ1) is 10.6. The van der Waals surface area contributed by atoms with Gasteiger partial charge in [-0.25, -0.2) is 4.98 Å². The van der Waals surface area contributed by atoms with Crippen molar-refractivity contribution in [3.8, 4) is 0 Å². The predicted molar refractivity (Wildman–Crippen MR) is 56.0 cm³/mol. The lowest BCUT2D eigenvalue weighted by atomic mass is 10.5. The molecule has 0 saturated carbocycles. The molecule has 0 atom stereocenters. The Bertz CT molecular complexity index is 520. The number of aromatic nitrogens is 4. The molecule has 0 aliphatic heterocycles. The van der Waals surface area contributed by atoms with Gasteiger partial charge in [0.05, 0.1) is 19.5 Å². The quantitative estimate of drug-likeness (QED) is 0.384. The zero-order chi connectivity index (χ0) is 11.4. The summed E-state index contributed by atoms with van der Waals surface area (Å²) in [5.41, 5.74) is 0.377. The Labute approximate surface area is 89.7 Å². The summed E-state index contributed by atoms with van der Waals surface area (Å²) in [5, 5.41) is 11.2. The Morgan fingerprint density at radius 3 is 3.25 bits per heavy atom. The summed E-state index contributed by atoms with van der Waals surface area (Å²) in [7, 11) is 0. The predicted octanol–water partition coefficient (Wildman–Crippen LogP) is -0.976. The van der Waals surface area contributed by atoms with Crippen LogP contribution in [-0.2, 0) is 4.74 Å². The lowest BCUT2D eigenvalue weighted by Gasteiger charge is -2.04. The molecular weight excluding hydrogens is 214 g/mol. The molecule has 4 N–H and O–H groups in total. The summed E-state index contributed by atoms with van der Waals surface area (Å²) in [6.07, 6.45) is 1.40. The normalized spacial score (nSPS) is 10.8. The third kappa shape index (κ3) is 2.18. The minimum Gasteiger partial charge on any atom is -0.394 e. The third-order valence-corrected chi connectivity index (χ3v) is 1.87. The van der Waals surface area contributed by atoms with E-state index < -0.39 is 0 Å². The number of rotatable bonds is 5. The second-order valence-corrected chi connectivity index (χ2v) is 2.97. The zero-order valence-electron chi connectivity index (χ0n) is 8.36. The minimum atomic E-state index is -0.299. The number of hydrogen-bond donors (Lipinski definition) is 4. The summed E-state index contributed by atoms with van der Waals surface area (Å²) in [6.45, 7) is 0.325.